The van der Waals surface area contributed by atoms with E-state index in [0.717, 1.165) is 0 Å². The van der Waals surface area contributed by atoms with E-state index in [-0.39, 0.29) is 6.42 Å². The number of benzene rings is 1. The van der Waals surface area contributed by atoms with E-state index in [1.54, 1.807) is 30.3 Å². The molecule has 0 aliphatic rings. The number of hydrogen-bond donors (Lipinski definition) is 1. The molecule has 0 saturated carbocycles. The number of rotatable bonds is 3. The first-order valence-electron chi connectivity index (χ1n) is 4.42. The molecule has 1 atom stereocenters. The van der Waals surface area contributed by atoms with Gasteiger partial charge >= 0.3 is 6.18 Å². The highest BCUT2D eigenvalue weighted by Crippen LogP contribution is 2.25. The molecule has 1 nitrogen and oxygen atoms in total. The van der Waals surface area contributed by atoms with Gasteiger partial charge in [-0.15, -0.1) is 0 Å². The molecule has 0 aliphatic carbocycles. The Morgan fingerprint density at radius 1 is 1.21 bits per heavy atom. The molecule has 0 fully saturated rings. The Bertz CT molecular complexity index is 268. The summed E-state index contributed by atoms with van der Waals surface area (Å²) in [5.41, 5.74) is 0.497. The number of hydrogen-bond acceptors (Lipinski definition) is 1. The third kappa shape index (κ3) is 2.94. The molecule has 1 aromatic rings. The molecule has 1 N–H and O–H groups in total. The summed E-state index contributed by atoms with van der Waals surface area (Å²) in [5, 5.41) is 2.44. The molecule has 0 amide bonds. The van der Waals surface area contributed by atoms with Crippen LogP contribution in [0.1, 0.15) is 13.3 Å². The normalized spacial score (nSPS) is 13.7. The molecule has 0 bridgehead atoms. The number of nitrogens with one attached hydrogen (secondary N) is 1. The van der Waals surface area contributed by atoms with Crippen LogP contribution in [0.5, 0.6) is 0 Å². The van der Waals surface area contributed by atoms with Gasteiger partial charge in [0.2, 0.25) is 0 Å². The van der Waals surface area contributed by atoms with Gasteiger partial charge in [-0.05, 0) is 18.6 Å². The molecule has 1 rings (SSSR count). The molecule has 14 heavy (non-hydrogen) atoms. The van der Waals surface area contributed by atoms with Crippen molar-refractivity contribution in [1.29, 1.82) is 0 Å². The van der Waals surface area contributed by atoms with Crippen molar-refractivity contribution in [1.82, 2.24) is 0 Å². The Balaban J connectivity index is 2.67. The van der Waals surface area contributed by atoms with E-state index >= 15 is 0 Å². The number of halogens is 3. The maximum absolute atomic E-state index is 12.3. The van der Waals surface area contributed by atoms with E-state index in [2.05, 4.69) is 5.32 Å². The predicted molar refractivity (Wildman–Crippen MR) is 50.2 cm³/mol. The van der Waals surface area contributed by atoms with Crippen molar-refractivity contribution < 1.29 is 13.2 Å². The third-order valence-electron chi connectivity index (χ3n) is 1.92. The lowest BCUT2D eigenvalue weighted by molar-refractivity contribution is -0.142. The average Bonchev–Trinajstić information content (AvgIpc) is 2.14. The van der Waals surface area contributed by atoms with Crippen molar-refractivity contribution in [3.63, 3.8) is 0 Å². The van der Waals surface area contributed by atoms with E-state index in [1.165, 1.54) is 6.92 Å². The van der Waals surface area contributed by atoms with Crippen LogP contribution in [0, 0.1) is 0 Å². The number of alkyl halides is 3. The first kappa shape index (κ1) is 10.9. The van der Waals surface area contributed by atoms with Crippen molar-refractivity contribution in [2.24, 2.45) is 0 Å². The zero-order valence-corrected chi connectivity index (χ0v) is 7.81. The van der Waals surface area contributed by atoms with Gasteiger partial charge in [0.15, 0.2) is 0 Å². The summed E-state index contributed by atoms with van der Waals surface area (Å²) in [6.07, 6.45) is -4.16. The first-order valence-corrected chi connectivity index (χ1v) is 4.42. The predicted octanol–water partition coefficient (Wildman–Crippen LogP) is 3.44. The van der Waals surface area contributed by atoms with Gasteiger partial charge in [0.05, 0.1) is 0 Å². The van der Waals surface area contributed by atoms with Crippen LogP contribution in [0.15, 0.2) is 30.3 Å². The highest BCUT2D eigenvalue weighted by molar-refractivity contribution is 5.43. The summed E-state index contributed by atoms with van der Waals surface area (Å²) in [4.78, 5) is 0. The molecule has 0 heterocycles. The minimum atomic E-state index is -4.19. The Morgan fingerprint density at radius 2 is 1.79 bits per heavy atom. The van der Waals surface area contributed by atoms with Gasteiger partial charge in [-0.3, -0.25) is 0 Å². The largest absolute Gasteiger partial charge is 0.408 e. The topological polar surface area (TPSA) is 12.0 Å². The number of anilines is 1. The van der Waals surface area contributed by atoms with Crippen molar-refractivity contribution in [2.45, 2.75) is 25.6 Å². The Labute approximate surface area is 80.9 Å². The first-order chi connectivity index (χ1) is 6.54. The standard InChI is InChI=1S/C10H12F3N/c1-2-9(10(11,12)13)14-8-6-4-3-5-7-8/h3-7,9,14H,2H2,1H3. The summed E-state index contributed by atoms with van der Waals surface area (Å²) in [5.74, 6) is 0. The molecule has 1 aromatic carbocycles. The van der Waals surface area contributed by atoms with E-state index in [9.17, 15) is 13.2 Å². The molecule has 4 heteroatoms. The second-order valence-electron chi connectivity index (χ2n) is 3.01. The lowest BCUT2D eigenvalue weighted by atomic mass is 10.2. The maximum atomic E-state index is 12.3. The Kier molecular flexibility index (Phi) is 3.38. The van der Waals surface area contributed by atoms with Crippen molar-refractivity contribution >= 4 is 5.69 Å². The maximum Gasteiger partial charge on any atom is 0.408 e. The zero-order chi connectivity index (χ0) is 10.6. The van der Waals surface area contributed by atoms with Crippen LogP contribution in [-0.4, -0.2) is 12.2 Å². The molecule has 0 aromatic heterocycles. The van der Waals surface area contributed by atoms with Gasteiger partial charge in [0, 0.05) is 5.69 Å². The summed E-state index contributed by atoms with van der Waals surface area (Å²) in [7, 11) is 0. The fourth-order valence-corrected chi connectivity index (χ4v) is 1.15. The Hall–Kier alpha value is -1.19. The van der Waals surface area contributed by atoms with E-state index in [4.69, 9.17) is 0 Å². The Morgan fingerprint density at radius 3 is 2.21 bits per heavy atom. The van der Waals surface area contributed by atoms with Crippen molar-refractivity contribution in [3.05, 3.63) is 30.3 Å². The van der Waals surface area contributed by atoms with Crippen LogP contribution in [0.25, 0.3) is 0 Å². The lowest BCUT2D eigenvalue weighted by Gasteiger charge is -2.20. The fourth-order valence-electron chi connectivity index (χ4n) is 1.15. The molecular weight excluding hydrogens is 191 g/mol. The van der Waals surface area contributed by atoms with Crippen LogP contribution in [0.3, 0.4) is 0 Å². The van der Waals surface area contributed by atoms with E-state index in [1.807, 2.05) is 0 Å². The second-order valence-corrected chi connectivity index (χ2v) is 3.01. The highest BCUT2D eigenvalue weighted by Gasteiger charge is 2.38. The molecule has 0 aliphatic heterocycles. The van der Waals surface area contributed by atoms with Crippen LogP contribution in [0.4, 0.5) is 18.9 Å². The van der Waals surface area contributed by atoms with Gasteiger partial charge in [0.1, 0.15) is 6.04 Å². The number of para-hydroxylation sites is 1. The molecular formula is C10H12F3N. The lowest BCUT2D eigenvalue weighted by Crippen LogP contribution is -2.35. The van der Waals surface area contributed by atoms with Gasteiger partial charge in [0.25, 0.3) is 0 Å². The molecule has 0 spiro atoms. The van der Waals surface area contributed by atoms with Gasteiger partial charge < -0.3 is 5.32 Å². The zero-order valence-electron chi connectivity index (χ0n) is 7.81. The SMILES string of the molecule is CCC(Nc1ccccc1)C(F)(F)F. The molecule has 1 unspecified atom stereocenters. The van der Waals surface area contributed by atoms with Gasteiger partial charge in [-0.1, -0.05) is 25.1 Å². The van der Waals surface area contributed by atoms with Crippen LogP contribution < -0.4 is 5.32 Å². The summed E-state index contributed by atoms with van der Waals surface area (Å²) < 4.78 is 37.0. The average molecular weight is 203 g/mol. The second kappa shape index (κ2) is 4.35. The van der Waals surface area contributed by atoms with Gasteiger partial charge in [-0.2, -0.15) is 13.2 Å². The molecule has 78 valence electrons. The van der Waals surface area contributed by atoms with Crippen molar-refractivity contribution in [3.8, 4) is 0 Å². The fraction of sp³-hybridized carbons (Fsp3) is 0.400. The van der Waals surface area contributed by atoms with E-state index in [0.29, 0.717) is 5.69 Å². The molecule has 0 radical (unpaired) electrons. The highest BCUT2D eigenvalue weighted by atomic mass is 19.4. The summed E-state index contributed by atoms with van der Waals surface area (Å²) in [6.45, 7) is 1.51. The monoisotopic (exact) mass is 203 g/mol. The minimum Gasteiger partial charge on any atom is -0.374 e. The summed E-state index contributed by atoms with van der Waals surface area (Å²) in [6, 6.07) is 6.93. The quantitative estimate of drug-likeness (QED) is 0.793. The van der Waals surface area contributed by atoms with Crippen LogP contribution >= 0.6 is 0 Å². The minimum absolute atomic E-state index is 0.0262. The summed E-state index contributed by atoms with van der Waals surface area (Å²) >= 11 is 0. The van der Waals surface area contributed by atoms with Crippen LogP contribution in [0.2, 0.25) is 0 Å². The molecule has 0 saturated heterocycles. The van der Waals surface area contributed by atoms with Crippen LogP contribution in [-0.2, 0) is 0 Å². The smallest absolute Gasteiger partial charge is 0.374 e. The van der Waals surface area contributed by atoms with Gasteiger partial charge in [-0.25, -0.2) is 0 Å². The third-order valence-corrected chi connectivity index (χ3v) is 1.92. The van der Waals surface area contributed by atoms with E-state index < -0.39 is 12.2 Å². The van der Waals surface area contributed by atoms with Crippen molar-refractivity contribution in [2.75, 3.05) is 5.32 Å².